The SMILES string of the molecule is NCCCCCCCC(=O)O.O=C(O)CCCCCCCNC(=O)OCC1c2ccccc2-c2ccccc21. The van der Waals surface area contributed by atoms with Crippen molar-refractivity contribution in [1.82, 2.24) is 5.32 Å². The molecule has 0 aliphatic heterocycles. The Labute approximate surface area is 231 Å². The van der Waals surface area contributed by atoms with E-state index in [1.54, 1.807) is 0 Å². The number of aliphatic carboxylic acids is 2. The van der Waals surface area contributed by atoms with E-state index in [1.165, 1.54) is 22.3 Å². The van der Waals surface area contributed by atoms with E-state index in [1.807, 2.05) is 24.3 Å². The number of carbonyl (C=O) groups is 3. The Morgan fingerprint density at radius 1 is 0.692 bits per heavy atom. The Bertz CT molecular complexity index is 980. The summed E-state index contributed by atoms with van der Waals surface area (Å²) >= 11 is 0. The summed E-state index contributed by atoms with van der Waals surface area (Å²) in [7, 11) is 0. The van der Waals surface area contributed by atoms with Gasteiger partial charge in [-0.3, -0.25) is 9.59 Å². The van der Waals surface area contributed by atoms with Gasteiger partial charge >= 0.3 is 18.0 Å². The van der Waals surface area contributed by atoms with Gasteiger partial charge in [-0.05, 0) is 54.5 Å². The number of unbranched alkanes of at least 4 members (excludes halogenated alkanes) is 8. The molecule has 39 heavy (non-hydrogen) atoms. The topological polar surface area (TPSA) is 139 Å². The van der Waals surface area contributed by atoms with Crippen molar-refractivity contribution in [1.29, 1.82) is 0 Å². The number of hydrogen-bond acceptors (Lipinski definition) is 5. The fraction of sp³-hybridized carbons (Fsp3) is 0.516. The summed E-state index contributed by atoms with van der Waals surface area (Å²) in [4.78, 5) is 32.5. The van der Waals surface area contributed by atoms with Gasteiger partial charge in [0.05, 0.1) is 0 Å². The lowest BCUT2D eigenvalue weighted by Gasteiger charge is -2.14. The van der Waals surface area contributed by atoms with Gasteiger partial charge < -0.3 is 26.0 Å². The average molecular weight is 541 g/mol. The van der Waals surface area contributed by atoms with Crippen molar-refractivity contribution in [2.75, 3.05) is 19.7 Å². The molecule has 0 saturated carbocycles. The summed E-state index contributed by atoms with van der Waals surface area (Å²) in [6.07, 6.45) is 9.76. The van der Waals surface area contributed by atoms with Crippen LogP contribution in [-0.2, 0) is 14.3 Å². The number of alkyl carbamates (subject to hydrolysis) is 1. The normalized spacial score (nSPS) is 11.6. The van der Waals surface area contributed by atoms with Gasteiger partial charge in [0, 0.05) is 25.3 Å². The highest BCUT2D eigenvalue weighted by atomic mass is 16.5. The highest BCUT2D eigenvalue weighted by Crippen LogP contribution is 2.44. The largest absolute Gasteiger partial charge is 0.481 e. The van der Waals surface area contributed by atoms with Crippen molar-refractivity contribution in [2.45, 2.75) is 83.0 Å². The molecular formula is C31H44N2O6. The van der Waals surface area contributed by atoms with Crippen molar-refractivity contribution >= 4 is 18.0 Å². The third kappa shape index (κ3) is 12.3. The lowest BCUT2D eigenvalue weighted by atomic mass is 9.98. The highest BCUT2D eigenvalue weighted by Gasteiger charge is 2.28. The standard InChI is InChI=1S/C23H27NO4.C8H17NO2/c25-22(26)14-4-2-1-3-9-15-24-23(27)28-16-21-19-12-7-5-10-17(19)18-11-6-8-13-20(18)21;9-7-5-3-1-2-4-6-8(10)11/h5-8,10-13,21H,1-4,9,14-16H2,(H,24,27)(H,25,26);1-7,9H2,(H,10,11). The van der Waals surface area contributed by atoms with Crippen molar-refractivity contribution in [2.24, 2.45) is 5.73 Å². The average Bonchev–Trinajstić information content (AvgIpc) is 3.24. The predicted octanol–water partition coefficient (Wildman–Crippen LogP) is 6.32. The van der Waals surface area contributed by atoms with Crippen molar-refractivity contribution in [3.8, 4) is 11.1 Å². The summed E-state index contributed by atoms with van der Waals surface area (Å²) in [6.45, 7) is 1.66. The van der Waals surface area contributed by atoms with Crippen LogP contribution in [-0.4, -0.2) is 47.9 Å². The van der Waals surface area contributed by atoms with Crippen LogP contribution in [0.3, 0.4) is 0 Å². The molecule has 2 aromatic carbocycles. The molecule has 0 heterocycles. The number of hydrogen-bond donors (Lipinski definition) is 4. The zero-order valence-electron chi connectivity index (χ0n) is 22.9. The molecule has 2 aromatic rings. The van der Waals surface area contributed by atoms with Crippen LogP contribution in [0.4, 0.5) is 4.79 Å². The van der Waals surface area contributed by atoms with Gasteiger partial charge in [0.15, 0.2) is 0 Å². The molecule has 214 valence electrons. The van der Waals surface area contributed by atoms with Crippen LogP contribution in [0.5, 0.6) is 0 Å². The van der Waals surface area contributed by atoms with Gasteiger partial charge in [0.25, 0.3) is 0 Å². The number of amides is 1. The minimum Gasteiger partial charge on any atom is -0.481 e. The molecule has 0 aromatic heterocycles. The maximum atomic E-state index is 12.0. The molecule has 0 spiro atoms. The highest BCUT2D eigenvalue weighted by molar-refractivity contribution is 5.79. The number of benzene rings is 2. The van der Waals surface area contributed by atoms with Crippen LogP contribution in [0.2, 0.25) is 0 Å². The second-order valence-corrected chi connectivity index (χ2v) is 9.86. The number of carboxylic acids is 2. The Hall–Kier alpha value is -3.39. The summed E-state index contributed by atoms with van der Waals surface area (Å²) in [5.74, 6) is -1.35. The number of fused-ring (bicyclic) bond motifs is 3. The molecule has 0 fully saturated rings. The van der Waals surface area contributed by atoms with E-state index >= 15 is 0 Å². The number of nitrogens with two attached hydrogens (primary N) is 1. The Morgan fingerprint density at radius 3 is 1.67 bits per heavy atom. The Kier molecular flexibility index (Phi) is 15.3. The summed E-state index contributed by atoms with van der Waals surface area (Å²) in [6, 6.07) is 16.6. The lowest BCUT2D eigenvalue weighted by molar-refractivity contribution is -0.138. The number of rotatable bonds is 17. The van der Waals surface area contributed by atoms with Crippen LogP contribution in [0, 0.1) is 0 Å². The first-order chi connectivity index (χ1) is 18.9. The fourth-order valence-electron chi connectivity index (χ4n) is 4.72. The smallest absolute Gasteiger partial charge is 0.407 e. The van der Waals surface area contributed by atoms with Crippen LogP contribution < -0.4 is 11.1 Å². The van der Waals surface area contributed by atoms with E-state index < -0.39 is 11.9 Å². The van der Waals surface area contributed by atoms with Gasteiger partial charge in [-0.2, -0.15) is 0 Å². The minimum absolute atomic E-state index is 0.0763. The Balaban J connectivity index is 0.000000411. The van der Waals surface area contributed by atoms with Gasteiger partial charge in [-0.15, -0.1) is 0 Å². The van der Waals surface area contributed by atoms with E-state index in [0.717, 1.165) is 70.8 Å². The lowest BCUT2D eigenvalue weighted by Crippen LogP contribution is -2.27. The van der Waals surface area contributed by atoms with Crippen LogP contribution in [0.15, 0.2) is 48.5 Å². The van der Waals surface area contributed by atoms with E-state index in [9.17, 15) is 14.4 Å². The number of carbonyl (C=O) groups excluding carboxylic acids is 1. The third-order valence-corrected chi connectivity index (χ3v) is 6.78. The van der Waals surface area contributed by atoms with E-state index in [4.69, 9.17) is 20.7 Å². The van der Waals surface area contributed by atoms with Crippen LogP contribution >= 0.6 is 0 Å². The van der Waals surface area contributed by atoms with Crippen LogP contribution in [0.1, 0.15) is 94.1 Å². The molecule has 0 saturated heterocycles. The maximum Gasteiger partial charge on any atom is 0.407 e. The second-order valence-electron chi connectivity index (χ2n) is 9.86. The number of ether oxygens (including phenoxy) is 1. The van der Waals surface area contributed by atoms with Crippen molar-refractivity contribution in [3.05, 3.63) is 59.7 Å². The second kappa shape index (κ2) is 18.8. The summed E-state index contributed by atoms with van der Waals surface area (Å²) in [5.41, 5.74) is 10.1. The molecule has 3 rings (SSSR count). The molecule has 8 heteroatoms. The first kappa shape index (κ1) is 31.8. The molecule has 1 aliphatic carbocycles. The third-order valence-electron chi connectivity index (χ3n) is 6.78. The Morgan fingerprint density at radius 2 is 1.15 bits per heavy atom. The molecular weight excluding hydrogens is 496 g/mol. The first-order valence-corrected chi connectivity index (χ1v) is 14.2. The van der Waals surface area contributed by atoms with E-state index in [0.29, 0.717) is 19.6 Å². The minimum atomic E-state index is -0.739. The van der Waals surface area contributed by atoms with Gasteiger partial charge in [-0.1, -0.05) is 87.1 Å². The molecule has 0 atom stereocenters. The molecule has 0 bridgehead atoms. The van der Waals surface area contributed by atoms with Gasteiger partial charge in [0.2, 0.25) is 0 Å². The first-order valence-electron chi connectivity index (χ1n) is 14.2. The summed E-state index contributed by atoms with van der Waals surface area (Å²) in [5, 5.41) is 19.7. The van der Waals surface area contributed by atoms with E-state index in [-0.39, 0.29) is 18.4 Å². The molecule has 0 unspecified atom stereocenters. The van der Waals surface area contributed by atoms with Crippen LogP contribution in [0.25, 0.3) is 11.1 Å². The summed E-state index contributed by atoms with van der Waals surface area (Å²) < 4.78 is 5.50. The predicted molar refractivity (Wildman–Crippen MR) is 153 cm³/mol. The monoisotopic (exact) mass is 540 g/mol. The van der Waals surface area contributed by atoms with Gasteiger partial charge in [-0.25, -0.2) is 4.79 Å². The fourth-order valence-corrected chi connectivity index (χ4v) is 4.72. The molecule has 0 radical (unpaired) electrons. The zero-order chi connectivity index (χ0) is 28.3. The van der Waals surface area contributed by atoms with Crippen molar-refractivity contribution in [3.63, 3.8) is 0 Å². The molecule has 8 nitrogen and oxygen atoms in total. The van der Waals surface area contributed by atoms with E-state index in [2.05, 4.69) is 29.6 Å². The number of nitrogens with one attached hydrogen (secondary N) is 1. The maximum absolute atomic E-state index is 12.0. The molecule has 5 N–H and O–H groups in total. The molecule has 1 amide bonds. The van der Waals surface area contributed by atoms with Gasteiger partial charge in [0.1, 0.15) is 6.61 Å². The zero-order valence-corrected chi connectivity index (χ0v) is 22.9. The quantitative estimate of drug-likeness (QED) is 0.172. The number of carboxylic acid groups (broad SMARTS) is 2. The van der Waals surface area contributed by atoms with Crippen molar-refractivity contribution < 1.29 is 29.3 Å². The molecule has 1 aliphatic rings.